The zero-order chi connectivity index (χ0) is 26.0. The third-order valence-electron chi connectivity index (χ3n) is 4.39. The number of nitrogens with one attached hydrogen (secondary N) is 1. The van der Waals surface area contributed by atoms with Crippen LogP contribution >= 0.6 is 23.5 Å². The van der Waals surface area contributed by atoms with E-state index in [1.54, 1.807) is 24.3 Å². The van der Waals surface area contributed by atoms with Crippen LogP contribution in [0, 0.1) is 0 Å². The highest BCUT2D eigenvalue weighted by Crippen LogP contribution is 2.66. The number of aliphatic hydroxyl groups is 1. The van der Waals surface area contributed by atoms with E-state index in [1.807, 2.05) is 0 Å². The van der Waals surface area contributed by atoms with E-state index in [2.05, 4.69) is 23.9 Å². The number of aliphatic hydroxyl groups excluding tert-OH is 1. The van der Waals surface area contributed by atoms with Crippen molar-refractivity contribution < 1.29 is 56.3 Å². The molecule has 1 aliphatic carbocycles. The lowest BCUT2D eigenvalue weighted by Crippen LogP contribution is -2.33. The van der Waals surface area contributed by atoms with Crippen molar-refractivity contribution in [2.24, 2.45) is 0 Å². The van der Waals surface area contributed by atoms with Crippen LogP contribution in [0.3, 0.4) is 0 Å². The highest BCUT2D eigenvalue weighted by atomic mass is 31.3. The molecule has 0 amide bonds. The summed E-state index contributed by atoms with van der Waals surface area (Å²) in [6, 6.07) is 0. The van der Waals surface area contributed by atoms with Gasteiger partial charge in [-0.25, -0.2) is 18.5 Å². The minimum atomic E-state index is -5.71. The van der Waals surface area contributed by atoms with E-state index in [1.165, 1.54) is 12.3 Å². The summed E-state index contributed by atoms with van der Waals surface area (Å²) in [6.45, 7) is -0.904. The first-order valence-electron chi connectivity index (χ1n) is 9.43. The maximum absolute atomic E-state index is 12.3. The van der Waals surface area contributed by atoms with Crippen LogP contribution in [0.15, 0.2) is 51.4 Å². The Morgan fingerprint density at radius 1 is 1.14 bits per heavy atom. The molecule has 2 heterocycles. The lowest BCUT2D eigenvalue weighted by atomic mass is 10.2. The van der Waals surface area contributed by atoms with E-state index in [4.69, 9.17) is 19.4 Å². The first kappa shape index (κ1) is 27.6. The number of allylic oxidation sites excluding steroid dienone is 4. The van der Waals surface area contributed by atoms with Crippen LogP contribution in [0.4, 0.5) is 0 Å². The predicted molar refractivity (Wildman–Crippen MR) is 115 cm³/mol. The molecule has 0 spiro atoms. The average Bonchev–Trinajstić information content (AvgIpc) is 3.32. The fourth-order valence-electron chi connectivity index (χ4n) is 2.97. The van der Waals surface area contributed by atoms with Gasteiger partial charge in [-0.15, -0.1) is 5.73 Å². The maximum Gasteiger partial charge on any atom is 0.490 e. The summed E-state index contributed by atoms with van der Waals surface area (Å²) in [6.07, 6.45) is 5.28. The zero-order valence-electron chi connectivity index (χ0n) is 17.3. The summed E-state index contributed by atoms with van der Waals surface area (Å²) in [7, 11) is -16.7. The van der Waals surface area contributed by atoms with Crippen LogP contribution in [-0.2, 0) is 31.6 Å². The molecule has 1 aromatic rings. The number of aromatic amines is 1. The van der Waals surface area contributed by atoms with E-state index < -0.39 is 59.8 Å². The summed E-state index contributed by atoms with van der Waals surface area (Å²) < 4.78 is 51.9. The van der Waals surface area contributed by atoms with E-state index in [0.29, 0.717) is 5.57 Å². The summed E-state index contributed by atoms with van der Waals surface area (Å²) in [5, 5.41) is 10.2. The van der Waals surface area contributed by atoms with Gasteiger partial charge in [0, 0.05) is 18.2 Å². The first-order valence-corrected chi connectivity index (χ1v) is 13.9. The van der Waals surface area contributed by atoms with Crippen LogP contribution in [0.5, 0.6) is 0 Å². The molecule has 6 N–H and O–H groups in total. The van der Waals surface area contributed by atoms with E-state index in [-0.39, 0.29) is 12.0 Å². The van der Waals surface area contributed by atoms with Crippen LogP contribution < -0.4 is 11.2 Å². The average molecular weight is 556 g/mol. The number of nitrogens with zero attached hydrogens (tertiary/aromatic N) is 1. The van der Waals surface area contributed by atoms with Gasteiger partial charge in [-0.05, 0) is 24.3 Å². The molecule has 192 valence electrons. The third kappa shape index (κ3) is 8.01. The number of hydrogen-bond donors (Lipinski definition) is 6. The number of rotatable bonds is 10. The number of hydrogen-bond acceptors (Lipinski definition) is 10. The normalized spacial score (nSPS) is 25.6. The third-order valence-corrected chi connectivity index (χ3v) is 8.19. The van der Waals surface area contributed by atoms with Gasteiger partial charge in [0.25, 0.3) is 5.56 Å². The van der Waals surface area contributed by atoms with Gasteiger partial charge in [-0.3, -0.25) is 18.9 Å². The van der Waals surface area contributed by atoms with Gasteiger partial charge in [0.05, 0.1) is 18.3 Å². The summed E-state index contributed by atoms with van der Waals surface area (Å²) in [4.78, 5) is 62.2. The van der Waals surface area contributed by atoms with Gasteiger partial charge >= 0.3 is 29.2 Å². The van der Waals surface area contributed by atoms with Gasteiger partial charge in [-0.2, -0.15) is 8.62 Å². The molecule has 0 saturated carbocycles. The zero-order valence-corrected chi connectivity index (χ0v) is 20.0. The molecule has 19 heteroatoms. The van der Waals surface area contributed by atoms with Crippen LogP contribution in [0.2, 0.25) is 0 Å². The van der Waals surface area contributed by atoms with Gasteiger partial charge in [-0.1, -0.05) is 6.08 Å². The smallest absolute Gasteiger partial charge is 0.390 e. The number of aromatic nitrogens is 2. The largest absolute Gasteiger partial charge is 0.490 e. The number of ether oxygens (including phenoxy) is 1. The number of phosphoric ester groups is 1. The standard InChI is InChI=1S/C16H19N2O14P3/c19-12-7-14(18-8-11(15(20)17-16(18)21)6-5-10-3-1-2-4-10)30-13(12)9-29-34(25,26)32-35(27,28)31-33(22,23)24/h1-3,5-6,8,12-14,19H,7,9H2,(H,25,26)(H,27,28)(H,17,20,21)(H2,22,23,24)/b6-5+/t12-,13+,14+/m0/s1. The molecule has 5 atom stereocenters. The monoisotopic (exact) mass is 556 g/mol. The SMILES string of the molecule is O=c1[nH]c(=O)n([C@H]2C[C@H](O)[C@@H](COP(=O)(O)OP(=O)(O)OP(=O)(O)O)O2)cc1/C=C/C1=C=CC=C1. The van der Waals surface area contributed by atoms with Crippen LogP contribution in [0.25, 0.3) is 6.08 Å². The minimum Gasteiger partial charge on any atom is -0.390 e. The summed E-state index contributed by atoms with van der Waals surface area (Å²) in [5.74, 6) is 0. The van der Waals surface area contributed by atoms with Crippen molar-refractivity contribution in [2.75, 3.05) is 6.61 Å². The van der Waals surface area contributed by atoms with Gasteiger partial charge < -0.3 is 29.4 Å². The Balaban J connectivity index is 1.68. The minimum absolute atomic E-state index is 0.0778. The second kappa shape index (κ2) is 10.6. The fraction of sp³-hybridized carbons (Fsp3) is 0.312. The van der Waals surface area contributed by atoms with Crippen molar-refractivity contribution in [3.63, 3.8) is 0 Å². The first-order chi connectivity index (χ1) is 16.1. The van der Waals surface area contributed by atoms with E-state index in [9.17, 15) is 33.3 Å². The van der Waals surface area contributed by atoms with Gasteiger partial charge in [0.15, 0.2) is 0 Å². The van der Waals surface area contributed by atoms with Gasteiger partial charge in [0.1, 0.15) is 12.3 Å². The molecule has 0 radical (unpaired) electrons. The van der Waals surface area contributed by atoms with E-state index in [0.717, 1.165) is 4.57 Å². The number of phosphoric acid groups is 3. The quantitative estimate of drug-likeness (QED) is 0.167. The molecule has 1 fully saturated rings. The lowest BCUT2D eigenvalue weighted by molar-refractivity contribution is -0.0450. The molecular formula is C16H19N2O14P3. The molecule has 3 rings (SSSR count). The van der Waals surface area contributed by atoms with Crippen molar-refractivity contribution >= 4 is 29.5 Å². The Morgan fingerprint density at radius 2 is 1.86 bits per heavy atom. The predicted octanol–water partition coefficient (Wildman–Crippen LogP) is 0.193. The second-order valence-electron chi connectivity index (χ2n) is 7.03. The molecule has 2 unspecified atom stereocenters. The maximum atomic E-state index is 12.3. The van der Waals surface area contributed by atoms with Crippen molar-refractivity contribution in [3.8, 4) is 0 Å². The van der Waals surface area contributed by atoms with Crippen molar-refractivity contribution in [3.05, 3.63) is 68.2 Å². The molecule has 1 saturated heterocycles. The lowest BCUT2D eigenvalue weighted by Gasteiger charge is -2.19. The number of H-pyrrole nitrogens is 1. The Kier molecular flexibility index (Phi) is 8.32. The van der Waals surface area contributed by atoms with Crippen molar-refractivity contribution in [1.29, 1.82) is 0 Å². The highest BCUT2D eigenvalue weighted by molar-refractivity contribution is 7.66. The Hall–Kier alpha value is -1.99. The van der Waals surface area contributed by atoms with Crippen molar-refractivity contribution in [1.82, 2.24) is 9.55 Å². The van der Waals surface area contributed by atoms with Crippen LogP contribution in [-0.4, -0.2) is 53.0 Å². The molecule has 16 nitrogen and oxygen atoms in total. The van der Waals surface area contributed by atoms with Gasteiger partial charge in [0.2, 0.25) is 0 Å². The van der Waals surface area contributed by atoms with Crippen molar-refractivity contribution in [2.45, 2.75) is 24.9 Å². The topological polar surface area (TPSA) is 244 Å². The Morgan fingerprint density at radius 3 is 2.49 bits per heavy atom. The molecule has 0 aromatic carbocycles. The molecule has 0 bridgehead atoms. The van der Waals surface area contributed by atoms with Crippen LogP contribution in [0.1, 0.15) is 18.2 Å². The molecule has 2 aliphatic rings. The fourth-order valence-corrected chi connectivity index (χ4v) is 6.00. The summed E-state index contributed by atoms with van der Waals surface area (Å²) >= 11 is 0. The Bertz CT molecular complexity index is 1360. The molecule has 35 heavy (non-hydrogen) atoms. The highest BCUT2D eigenvalue weighted by Gasteiger charge is 2.43. The molecule has 1 aromatic heterocycles. The molecule has 1 aliphatic heterocycles. The Labute approximate surface area is 195 Å². The second-order valence-corrected chi connectivity index (χ2v) is 11.4. The molecular weight excluding hydrogens is 537 g/mol. The van der Waals surface area contributed by atoms with E-state index >= 15 is 0 Å². The summed E-state index contributed by atoms with van der Waals surface area (Å²) in [5.41, 5.74) is 2.11.